The molecule has 1 aromatic heterocycles. The van der Waals surface area contributed by atoms with Crippen molar-refractivity contribution in [3.63, 3.8) is 0 Å². The third-order valence-corrected chi connectivity index (χ3v) is 5.00. The van der Waals surface area contributed by atoms with Crippen molar-refractivity contribution in [2.75, 3.05) is 13.6 Å². The van der Waals surface area contributed by atoms with Gasteiger partial charge in [-0.1, -0.05) is 12.1 Å². The number of benzene rings is 2. The lowest BCUT2D eigenvalue weighted by atomic mass is 10.0. The minimum absolute atomic E-state index is 0. The Morgan fingerprint density at radius 3 is 2.64 bits per heavy atom. The Morgan fingerprint density at radius 1 is 1.21 bits per heavy atom. The fraction of sp³-hybridized carbons (Fsp3) is 0.350. The zero-order valence-electron chi connectivity index (χ0n) is 15.8. The SMILES string of the molecule is CNC[C@@H]1Oc2cc(F)ccc2[C@@H]1n1c(=O)n(C(C)C)c2cccc(F)c21.Cl. The van der Waals surface area contributed by atoms with Gasteiger partial charge in [0, 0.05) is 24.2 Å². The molecule has 5 nitrogen and oxygen atoms in total. The van der Waals surface area contributed by atoms with Crippen molar-refractivity contribution in [2.24, 2.45) is 0 Å². The van der Waals surface area contributed by atoms with E-state index in [1.165, 1.54) is 22.8 Å². The number of aromatic nitrogens is 2. The number of hydrogen-bond acceptors (Lipinski definition) is 3. The summed E-state index contributed by atoms with van der Waals surface area (Å²) in [4.78, 5) is 13.3. The molecule has 0 fully saturated rings. The highest BCUT2D eigenvalue weighted by atomic mass is 35.5. The Balaban J connectivity index is 0.00000225. The second-order valence-electron chi connectivity index (χ2n) is 7.06. The maximum atomic E-state index is 14.8. The van der Waals surface area contributed by atoms with Crippen LogP contribution in [0.2, 0.25) is 0 Å². The summed E-state index contributed by atoms with van der Waals surface area (Å²) in [6.45, 7) is 4.20. The van der Waals surface area contributed by atoms with Crippen molar-refractivity contribution < 1.29 is 13.5 Å². The normalized spacial score (nSPS) is 18.2. The molecule has 0 saturated carbocycles. The minimum atomic E-state index is -0.556. The summed E-state index contributed by atoms with van der Waals surface area (Å²) in [6, 6.07) is 8.24. The van der Waals surface area contributed by atoms with Crippen molar-refractivity contribution in [3.05, 3.63) is 64.1 Å². The van der Waals surface area contributed by atoms with Gasteiger partial charge in [-0.25, -0.2) is 13.6 Å². The predicted octanol–water partition coefficient (Wildman–Crippen LogP) is 3.65. The van der Waals surface area contributed by atoms with Crippen LogP contribution in [0.5, 0.6) is 5.75 Å². The first-order chi connectivity index (χ1) is 12.9. The summed E-state index contributed by atoms with van der Waals surface area (Å²) in [5.41, 5.74) is 1.14. The number of nitrogens with one attached hydrogen (secondary N) is 1. The summed E-state index contributed by atoms with van der Waals surface area (Å²) >= 11 is 0. The van der Waals surface area contributed by atoms with Gasteiger partial charge in [-0.2, -0.15) is 0 Å². The fourth-order valence-corrected chi connectivity index (χ4v) is 3.95. The number of nitrogens with zero attached hydrogens (tertiary/aromatic N) is 2. The Kier molecular flexibility index (Phi) is 5.50. The van der Waals surface area contributed by atoms with Crippen molar-refractivity contribution in [1.29, 1.82) is 0 Å². The van der Waals surface area contributed by atoms with E-state index in [1.807, 2.05) is 13.8 Å². The van der Waals surface area contributed by atoms with Crippen molar-refractivity contribution in [1.82, 2.24) is 14.5 Å². The van der Waals surface area contributed by atoms with Crippen LogP contribution in [-0.4, -0.2) is 28.8 Å². The third kappa shape index (κ3) is 2.99. The fourth-order valence-electron chi connectivity index (χ4n) is 3.95. The zero-order chi connectivity index (χ0) is 19.3. The molecule has 0 unspecified atom stereocenters. The first kappa shape index (κ1) is 20.4. The molecule has 150 valence electrons. The van der Waals surface area contributed by atoms with Gasteiger partial charge in [0.15, 0.2) is 0 Å². The van der Waals surface area contributed by atoms with Gasteiger partial charge in [0.05, 0.1) is 5.52 Å². The van der Waals surface area contributed by atoms with Crippen molar-refractivity contribution >= 4 is 23.4 Å². The van der Waals surface area contributed by atoms with Crippen LogP contribution in [0.3, 0.4) is 0 Å². The van der Waals surface area contributed by atoms with Gasteiger partial charge in [0.2, 0.25) is 0 Å². The summed E-state index contributed by atoms with van der Waals surface area (Å²) in [7, 11) is 1.77. The van der Waals surface area contributed by atoms with E-state index in [-0.39, 0.29) is 29.7 Å². The molecule has 3 aromatic rings. The predicted molar refractivity (Wildman–Crippen MR) is 107 cm³/mol. The lowest BCUT2D eigenvalue weighted by Crippen LogP contribution is -2.38. The molecule has 0 bridgehead atoms. The third-order valence-electron chi connectivity index (χ3n) is 5.00. The lowest BCUT2D eigenvalue weighted by molar-refractivity contribution is 0.191. The number of imidazole rings is 1. The summed E-state index contributed by atoms with van der Waals surface area (Å²) in [5, 5.41) is 3.04. The van der Waals surface area contributed by atoms with Crippen LogP contribution < -0.4 is 15.7 Å². The minimum Gasteiger partial charge on any atom is -0.486 e. The number of fused-ring (bicyclic) bond motifs is 2. The van der Waals surface area contributed by atoms with E-state index in [1.54, 1.807) is 29.8 Å². The number of halogens is 3. The van der Waals surface area contributed by atoms with Gasteiger partial charge >= 0.3 is 5.69 Å². The van der Waals surface area contributed by atoms with Crippen LogP contribution in [0.1, 0.15) is 31.5 Å². The standard InChI is InChI=1S/C20H21F2N3O2.ClH/c1-11(2)24-15-6-4-5-14(22)19(15)25(20(24)26)18-13-8-7-12(21)9-16(13)27-17(18)10-23-3;/h4-9,11,17-18,23H,10H2,1-3H3;1H/t17-,18-;/m0./s1. The van der Waals surface area contributed by atoms with Crippen molar-refractivity contribution in [2.45, 2.75) is 32.0 Å². The quantitative estimate of drug-likeness (QED) is 0.715. The Labute approximate surface area is 167 Å². The van der Waals surface area contributed by atoms with Gasteiger partial charge in [-0.15, -0.1) is 12.4 Å². The van der Waals surface area contributed by atoms with Crippen LogP contribution in [0.4, 0.5) is 8.78 Å². The van der Waals surface area contributed by atoms with Crippen LogP contribution in [-0.2, 0) is 0 Å². The highest BCUT2D eigenvalue weighted by Crippen LogP contribution is 2.40. The number of hydrogen-bond donors (Lipinski definition) is 1. The summed E-state index contributed by atoms with van der Waals surface area (Å²) in [6.07, 6.45) is -0.463. The molecule has 2 aromatic carbocycles. The second kappa shape index (κ2) is 7.56. The van der Waals surface area contributed by atoms with Crippen LogP contribution in [0.15, 0.2) is 41.2 Å². The topological polar surface area (TPSA) is 48.2 Å². The maximum Gasteiger partial charge on any atom is 0.330 e. The average molecular weight is 410 g/mol. The second-order valence-corrected chi connectivity index (χ2v) is 7.06. The van der Waals surface area contributed by atoms with Crippen LogP contribution in [0, 0.1) is 11.6 Å². The van der Waals surface area contributed by atoms with Crippen LogP contribution >= 0.6 is 12.4 Å². The monoisotopic (exact) mass is 409 g/mol. The van der Waals surface area contributed by atoms with E-state index >= 15 is 0 Å². The highest BCUT2D eigenvalue weighted by Gasteiger charge is 2.38. The van der Waals surface area contributed by atoms with E-state index in [0.717, 1.165) is 0 Å². The van der Waals surface area contributed by atoms with Gasteiger partial charge in [-0.05, 0) is 39.1 Å². The van der Waals surface area contributed by atoms with E-state index in [0.29, 0.717) is 23.4 Å². The molecule has 4 rings (SSSR count). The molecule has 1 aliphatic heterocycles. The Bertz CT molecular complexity index is 1080. The van der Waals surface area contributed by atoms with Gasteiger partial charge in [0.1, 0.15) is 35.0 Å². The van der Waals surface area contributed by atoms with Gasteiger partial charge < -0.3 is 10.1 Å². The van der Waals surface area contributed by atoms with Gasteiger partial charge in [0.25, 0.3) is 0 Å². The molecular weight excluding hydrogens is 388 g/mol. The largest absolute Gasteiger partial charge is 0.486 e. The molecule has 0 amide bonds. The molecule has 1 aliphatic rings. The van der Waals surface area contributed by atoms with Crippen LogP contribution in [0.25, 0.3) is 11.0 Å². The molecule has 0 radical (unpaired) electrons. The molecule has 1 N–H and O–H groups in total. The average Bonchev–Trinajstić information content (AvgIpc) is 3.09. The molecule has 28 heavy (non-hydrogen) atoms. The Morgan fingerprint density at radius 2 is 1.96 bits per heavy atom. The number of para-hydroxylation sites is 1. The van der Waals surface area contributed by atoms with E-state index in [4.69, 9.17) is 4.74 Å². The smallest absolute Gasteiger partial charge is 0.330 e. The first-order valence-electron chi connectivity index (χ1n) is 8.95. The van der Waals surface area contributed by atoms with E-state index in [9.17, 15) is 13.6 Å². The molecule has 0 spiro atoms. The number of ether oxygens (including phenoxy) is 1. The maximum absolute atomic E-state index is 14.8. The summed E-state index contributed by atoms with van der Waals surface area (Å²) < 4.78 is 37.5. The molecule has 2 heterocycles. The zero-order valence-corrected chi connectivity index (χ0v) is 16.6. The van der Waals surface area contributed by atoms with Crippen molar-refractivity contribution in [3.8, 4) is 5.75 Å². The molecule has 0 aliphatic carbocycles. The summed E-state index contributed by atoms with van der Waals surface area (Å²) in [5.74, 6) is -0.502. The molecular formula is C20H22ClF2N3O2. The number of likely N-dealkylation sites (N-methyl/N-ethyl adjacent to an activating group) is 1. The lowest BCUT2D eigenvalue weighted by Gasteiger charge is -2.20. The van der Waals surface area contributed by atoms with Gasteiger partial charge in [-0.3, -0.25) is 9.13 Å². The Hall–Kier alpha value is -2.38. The molecule has 8 heteroatoms. The van der Waals surface area contributed by atoms with E-state index < -0.39 is 23.8 Å². The molecule has 2 atom stereocenters. The first-order valence-corrected chi connectivity index (χ1v) is 8.95. The number of rotatable bonds is 4. The highest BCUT2D eigenvalue weighted by molar-refractivity contribution is 5.85. The molecule has 0 saturated heterocycles. The van der Waals surface area contributed by atoms with E-state index in [2.05, 4.69) is 5.32 Å².